The largest absolute Gasteiger partial charge is 0.344 e. The zero-order valence-corrected chi connectivity index (χ0v) is 16.0. The Hall–Kier alpha value is -3.74. The maximum Gasteiger partial charge on any atom is 0.246 e. The number of rotatable bonds is 5. The van der Waals surface area contributed by atoms with Crippen molar-refractivity contribution in [3.8, 4) is 11.3 Å². The number of benzene rings is 2. The van der Waals surface area contributed by atoms with Crippen LogP contribution in [0, 0.1) is 6.92 Å². The number of anilines is 3. The molecular formula is C22H21N5O2. The monoisotopic (exact) mass is 387 g/mol. The highest BCUT2D eigenvalue weighted by molar-refractivity contribution is 5.99. The van der Waals surface area contributed by atoms with Crippen LogP contribution >= 0.6 is 0 Å². The second kappa shape index (κ2) is 8.10. The summed E-state index contributed by atoms with van der Waals surface area (Å²) in [7, 11) is 0. The van der Waals surface area contributed by atoms with E-state index in [0.717, 1.165) is 16.9 Å². The van der Waals surface area contributed by atoms with Crippen LogP contribution in [0.15, 0.2) is 60.7 Å². The van der Waals surface area contributed by atoms with Crippen LogP contribution in [0.2, 0.25) is 0 Å². The number of hydrogen-bond donors (Lipinski definition) is 3. The van der Waals surface area contributed by atoms with Crippen molar-refractivity contribution in [2.45, 2.75) is 25.8 Å². The topological polar surface area (TPSA) is 96.0 Å². The number of carbonyl (C=O) groups excluding carboxylic acids is 2. The predicted octanol–water partition coefficient (Wildman–Crippen LogP) is 3.41. The molecule has 0 aliphatic carbocycles. The molecule has 1 atom stereocenters. The standard InChI is InChI=1S/C22H21N5O2/c1-14-23-19(15-5-3-2-4-6-15)13-20(24-14)25-16-7-9-17(10-8-16)26-22(29)18-11-12-21(28)27-18/h2-10,13,18H,11-12H2,1H3,(H,26,29)(H,27,28)(H,23,24,25). The van der Waals surface area contributed by atoms with Crippen LogP contribution in [0.25, 0.3) is 11.3 Å². The number of aromatic nitrogens is 2. The van der Waals surface area contributed by atoms with Gasteiger partial charge in [0.05, 0.1) is 5.69 Å². The molecule has 29 heavy (non-hydrogen) atoms. The van der Waals surface area contributed by atoms with Crippen LogP contribution in [0.5, 0.6) is 0 Å². The van der Waals surface area contributed by atoms with Gasteiger partial charge in [-0.1, -0.05) is 30.3 Å². The quantitative estimate of drug-likeness (QED) is 0.623. The van der Waals surface area contributed by atoms with Crippen molar-refractivity contribution in [3.63, 3.8) is 0 Å². The van der Waals surface area contributed by atoms with E-state index in [4.69, 9.17) is 0 Å². The number of aryl methyl sites for hydroxylation is 1. The Kier molecular flexibility index (Phi) is 5.20. The molecule has 3 aromatic rings. The third-order valence-corrected chi connectivity index (χ3v) is 4.64. The van der Waals surface area contributed by atoms with Gasteiger partial charge < -0.3 is 16.0 Å². The Bertz CT molecular complexity index is 1030. The lowest BCUT2D eigenvalue weighted by molar-refractivity contribution is -0.122. The fraction of sp³-hybridized carbons (Fsp3) is 0.182. The van der Waals surface area contributed by atoms with Gasteiger partial charge in [-0.25, -0.2) is 9.97 Å². The van der Waals surface area contributed by atoms with Gasteiger partial charge in [-0.2, -0.15) is 0 Å². The van der Waals surface area contributed by atoms with Crippen LogP contribution in [0.1, 0.15) is 18.7 Å². The lowest BCUT2D eigenvalue weighted by Crippen LogP contribution is -2.37. The fourth-order valence-electron chi connectivity index (χ4n) is 3.21. The molecule has 4 rings (SSSR count). The molecule has 146 valence electrons. The molecule has 0 radical (unpaired) electrons. The van der Waals surface area contributed by atoms with Gasteiger partial charge in [0.25, 0.3) is 0 Å². The van der Waals surface area contributed by atoms with Gasteiger partial charge >= 0.3 is 0 Å². The van der Waals surface area contributed by atoms with Gasteiger partial charge in [-0.15, -0.1) is 0 Å². The number of carbonyl (C=O) groups is 2. The van der Waals surface area contributed by atoms with Crippen LogP contribution in [0.4, 0.5) is 17.2 Å². The molecule has 0 bridgehead atoms. The number of amides is 2. The summed E-state index contributed by atoms with van der Waals surface area (Å²) in [6, 6.07) is 18.7. The molecule has 7 nitrogen and oxygen atoms in total. The number of nitrogens with zero attached hydrogens (tertiary/aromatic N) is 2. The van der Waals surface area contributed by atoms with Crippen LogP contribution in [0.3, 0.4) is 0 Å². The zero-order valence-electron chi connectivity index (χ0n) is 16.0. The van der Waals surface area contributed by atoms with Crippen LogP contribution in [-0.2, 0) is 9.59 Å². The minimum Gasteiger partial charge on any atom is -0.344 e. The summed E-state index contributed by atoms with van der Waals surface area (Å²) in [4.78, 5) is 32.4. The summed E-state index contributed by atoms with van der Waals surface area (Å²) < 4.78 is 0. The van der Waals surface area contributed by atoms with Crippen molar-refractivity contribution in [3.05, 3.63) is 66.5 Å². The molecule has 1 fully saturated rings. The second-order valence-corrected chi connectivity index (χ2v) is 6.90. The molecule has 7 heteroatoms. The van der Waals surface area contributed by atoms with E-state index in [1.165, 1.54) is 0 Å². The average molecular weight is 387 g/mol. The second-order valence-electron chi connectivity index (χ2n) is 6.90. The minimum absolute atomic E-state index is 0.0836. The van der Waals surface area contributed by atoms with Gasteiger partial charge in [-0.3, -0.25) is 9.59 Å². The summed E-state index contributed by atoms with van der Waals surface area (Å²) >= 11 is 0. The van der Waals surface area contributed by atoms with E-state index < -0.39 is 6.04 Å². The first-order valence-electron chi connectivity index (χ1n) is 9.45. The number of nitrogens with one attached hydrogen (secondary N) is 3. The van der Waals surface area contributed by atoms with E-state index in [2.05, 4.69) is 25.9 Å². The Morgan fingerprint density at radius 3 is 2.45 bits per heavy atom. The summed E-state index contributed by atoms with van der Waals surface area (Å²) in [6.07, 6.45) is 0.922. The normalized spacial score (nSPS) is 15.6. The molecule has 0 saturated carbocycles. The van der Waals surface area contributed by atoms with E-state index in [1.807, 2.05) is 67.6 Å². The maximum absolute atomic E-state index is 12.2. The fourth-order valence-corrected chi connectivity index (χ4v) is 3.21. The summed E-state index contributed by atoms with van der Waals surface area (Å²) in [5, 5.41) is 8.77. The zero-order chi connectivity index (χ0) is 20.2. The van der Waals surface area contributed by atoms with Crippen LogP contribution < -0.4 is 16.0 Å². The third-order valence-electron chi connectivity index (χ3n) is 4.64. The summed E-state index contributed by atoms with van der Waals surface area (Å²) in [5.41, 5.74) is 3.39. The Balaban J connectivity index is 1.44. The minimum atomic E-state index is -0.458. The van der Waals surface area contributed by atoms with Gasteiger partial charge in [0, 0.05) is 29.4 Å². The van der Waals surface area contributed by atoms with E-state index in [-0.39, 0.29) is 11.8 Å². The molecule has 3 N–H and O–H groups in total. The van der Waals surface area contributed by atoms with Gasteiger partial charge in [0.2, 0.25) is 11.8 Å². The van der Waals surface area contributed by atoms with Gasteiger partial charge in [0.15, 0.2) is 0 Å². The summed E-state index contributed by atoms with van der Waals surface area (Å²) in [5.74, 6) is 1.09. The van der Waals surface area contributed by atoms with Crippen molar-refractivity contribution in [1.82, 2.24) is 15.3 Å². The lowest BCUT2D eigenvalue weighted by Gasteiger charge is -2.12. The van der Waals surface area contributed by atoms with Crippen molar-refractivity contribution < 1.29 is 9.59 Å². The molecule has 2 aromatic carbocycles. The molecular weight excluding hydrogens is 366 g/mol. The highest BCUT2D eigenvalue weighted by Crippen LogP contribution is 2.23. The van der Waals surface area contributed by atoms with Crippen molar-refractivity contribution in [2.24, 2.45) is 0 Å². The Morgan fingerprint density at radius 2 is 1.76 bits per heavy atom. The van der Waals surface area contributed by atoms with E-state index in [9.17, 15) is 9.59 Å². The molecule has 1 aliphatic heterocycles. The van der Waals surface area contributed by atoms with Gasteiger partial charge in [0.1, 0.15) is 17.7 Å². The highest BCUT2D eigenvalue weighted by Gasteiger charge is 2.27. The Morgan fingerprint density at radius 1 is 1.03 bits per heavy atom. The van der Waals surface area contributed by atoms with Crippen molar-refractivity contribution in [1.29, 1.82) is 0 Å². The van der Waals surface area contributed by atoms with Crippen molar-refractivity contribution >= 4 is 29.0 Å². The average Bonchev–Trinajstić information content (AvgIpc) is 3.16. The van der Waals surface area contributed by atoms with E-state index in [0.29, 0.717) is 30.2 Å². The predicted molar refractivity (Wildman–Crippen MR) is 112 cm³/mol. The molecule has 0 spiro atoms. The molecule has 2 amide bonds. The first-order chi connectivity index (χ1) is 14.1. The maximum atomic E-state index is 12.2. The smallest absolute Gasteiger partial charge is 0.246 e. The lowest BCUT2D eigenvalue weighted by atomic mass is 10.1. The SMILES string of the molecule is Cc1nc(Nc2ccc(NC(=O)C3CCC(=O)N3)cc2)cc(-c2ccccc2)n1. The summed E-state index contributed by atoms with van der Waals surface area (Å²) in [6.45, 7) is 1.86. The third kappa shape index (κ3) is 4.57. The molecule has 1 aromatic heterocycles. The van der Waals surface area contributed by atoms with Crippen LogP contribution in [-0.4, -0.2) is 27.8 Å². The molecule has 1 aliphatic rings. The van der Waals surface area contributed by atoms with Gasteiger partial charge in [-0.05, 0) is 37.6 Å². The van der Waals surface area contributed by atoms with Crippen molar-refractivity contribution in [2.75, 3.05) is 10.6 Å². The first-order valence-corrected chi connectivity index (χ1v) is 9.45. The Labute approximate surface area is 168 Å². The van der Waals surface area contributed by atoms with E-state index in [1.54, 1.807) is 0 Å². The van der Waals surface area contributed by atoms with E-state index >= 15 is 0 Å². The molecule has 2 heterocycles. The number of hydrogen-bond acceptors (Lipinski definition) is 5. The molecule has 1 saturated heterocycles. The molecule has 1 unspecified atom stereocenters. The highest BCUT2D eigenvalue weighted by atomic mass is 16.2. The first kappa shape index (κ1) is 18.6.